The van der Waals surface area contributed by atoms with Gasteiger partial charge in [-0.2, -0.15) is 4.31 Å². The summed E-state index contributed by atoms with van der Waals surface area (Å²) in [6, 6.07) is 9.01. The van der Waals surface area contributed by atoms with Gasteiger partial charge in [0, 0.05) is 38.4 Å². The van der Waals surface area contributed by atoms with Gasteiger partial charge in [-0.15, -0.1) is 0 Å². The molecule has 0 spiro atoms. The van der Waals surface area contributed by atoms with Gasteiger partial charge < -0.3 is 5.32 Å². The third kappa shape index (κ3) is 6.95. The van der Waals surface area contributed by atoms with Crippen molar-refractivity contribution in [2.45, 2.75) is 44.2 Å². The van der Waals surface area contributed by atoms with Crippen molar-refractivity contribution in [3.8, 4) is 0 Å². The minimum atomic E-state index is -3.80. The van der Waals surface area contributed by atoms with Crippen molar-refractivity contribution < 1.29 is 21.2 Å². The molecule has 0 amide bonds. The summed E-state index contributed by atoms with van der Waals surface area (Å²) in [5.74, 6) is 0.277. The average molecular weight is 499 g/mol. The molecule has 0 atom stereocenters. The Morgan fingerprint density at radius 1 is 1.09 bits per heavy atom. The Morgan fingerprint density at radius 2 is 1.73 bits per heavy atom. The van der Waals surface area contributed by atoms with Crippen molar-refractivity contribution >= 4 is 25.9 Å². The van der Waals surface area contributed by atoms with Crippen LogP contribution in [0.3, 0.4) is 0 Å². The van der Waals surface area contributed by atoms with E-state index >= 15 is 0 Å². The van der Waals surface area contributed by atoms with Crippen molar-refractivity contribution in [1.82, 2.24) is 13.6 Å². The summed E-state index contributed by atoms with van der Waals surface area (Å²) in [5, 5.41) is 3.26. The zero-order valence-corrected chi connectivity index (χ0v) is 20.7. The lowest BCUT2D eigenvalue weighted by Crippen LogP contribution is -2.41. The molecule has 2 aromatic rings. The Hall–Kier alpha value is -2.08. The summed E-state index contributed by atoms with van der Waals surface area (Å²) in [4.78, 5) is 4.37. The lowest BCUT2D eigenvalue weighted by molar-refractivity contribution is 0.331. The van der Waals surface area contributed by atoms with E-state index < -0.39 is 20.0 Å². The molecular weight excluding hydrogens is 467 g/mol. The third-order valence-electron chi connectivity index (χ3n) is 5.49. The minimum absolute atomic E-state index is 0.0638. The highest BCUT2D eigenvalue weighted by molar-refractivity contribution is 7.89. The van der Waals surface area contributed by atoms with Crippen LogP contribution in [0.1, 0.15) is 32.3 Å². The highest BCUT2D eigenvalue weighted by Gasteiger charge is 2.27. The molecule has 3 rings (SSSR count). The summed E-state index contributed by atoms with van der Waals surface area (Å²) < 4.78 is 66.0. The fourth-order valence-corrected chi connectivity index (χ4v) is 6.17. The molecule has 1 aliphatic heterocycles. The molecule has 182 valence electrons. The Morgan fingerprint density at radius 3 is 2.24 bits per heavy atom. The molecule has 0 aliphatic carbocycles. The van der Waals surface area contributed by atoms with Gasteiger partial charge in [0.1, 0.15) is 16.5 Å². The predicted octanol–water partition coefficient (Wildman–Crippen LogP) is 2.90. The first-order valence-electron chi connectivity index (χ1n) is 10.9. The third-order valence-corrected chi connectivity index (χ3v) is 8.59. The van der Waals surface area contributed by atoms with E-state index in [4.69, 9.17) is 0 Å². The Labute approximate surface area is 195 Å². The first kappa shape index (κ1) is 25.5. The van der Waals surface area contributed by atoms with E-state index in [1.165, 1.54) is 39.3 Å². The summed E-state index contributed by atoms with van der Waals surface area (Å²) in [5.41, 5.74) is 0.701. The number of benzene rings is 1. The maximum absolute atomic E-state index is 13.3. The van der Waals surface area contributed by atoms with E-state index in [-0.39, 0.29) is 29.2 Å². The highest BCUT2D eigenvalue weighted by Crippen LogP contribution is 2.22. The maximum atomic E-state index is 13.3. The monoisotopic (exact) mass is 498 g/mol. The van der Waals surface area contributed by atoms with Gasteiger partial charge in [-0.1, -0.05) is 26.0 Å². The number of sulfonamides is 2. The standard InChI is InChI=1S/C22H31FN4O4S2/c1-17(2)15-27(16-18-4-6-19(23)7-5-18)33(30,31)21-8-9-22(24-14-21)25-20-10-12-26(13-11-20)32(3,28)29/h4-9,14,17,20H,10-13,15-16H2,1-3H3,(H,24,25). The van der Waals surface area contributed by atoms with Crippen molar-refractivity contribution in [1.29, 1.82) is 0 Å². The number of hydrogen-bond donors (Lipinski definition) is 1. The molecule has 1 aliphatic rings. The molecule has 8 nitrogen and oxygen atoms in total. The van der Waals surface area contributed by atoms with Gasteiger partial charge in [0.25, 0.3) is 0 Å². The van der Waals surface area contributed by atoms with Crippen molar-refractivity contribution in [3.63, 3.8) is 0 Å². The smallest absolute Gasteiger partial charge is 0.244 e. The van der Waals surface area contributed by atoms with Gasteiger partial charge in [0.05, 0.1) is 6.26 Å². The van der Waals surface area contributed by atoms with Gasteiger partial charge in [0.2, 0.25) is 20.0 Å². The zero-order chi connectivity index (χ0) is 24.2. The second-order valence-corrected chi connectivity index (χ2v) is 12.7. The lowest BCUT2D eigenvalue weighted by atomic mass is 10.1. The van der Waals surface area contributed by atoms with E-state index in [0.717, 1.165) is 0 Å². The molecule has 0 radical (unpaired) electrons. The zero-order valence-electron chi connectivity index (χ0n) is 19.1. The molecule has 2 heterocycles. The first-order valence-corrected chi connectivity index (χ1v) is 14.2. The summed E-state index contributed by atoms with van der Waals surface area (Å²) >= 11 is 0. The van der Waals surface area contributed by atoms with E-state index in [0.29, 0.717) is 43.9 Å². The van der Waals surface area contributed by atoms with Crippen LogP contribution in [0.15, 0.2) is 47.5 Å². The molecule has 33 heavy (non-hydrogen) atoms. The van der Waals surface area contributed by atoms with Gasteiger partial charge in [-0.05, 0) is 48.6 Å². The van der Waals surface area contributed by atoms with Crippen LogP contribution >= 0.6 is 0 Å². The van der Waals surface area contributed by atoms with Crippen molar-refractivity contribution in [3.05, 3.63) is 54.0 Å². The maximum Gasteiger partial charge on any atom is 0.244 e. The van der Waals surface area contributed by atoms with Gasteiger partial charge in [0.15, 0.2) is 0 Å². The van der Waals surface area contributed by atoms with E-state index in [1.807, 2.05) is 13.8 Å². The van der Waals surface area contributed by atoms with Crippen LogP contribution in [-0.4, -0.2) is 62.4 Å². The van der Waals surface area contributed by atoms with Gasteiger partial charge in [-0.25, -0.2) is 30.5 Å². The molecule has 1 aromatic heterocycles. The molecule has 0 saturated carbocycles. The number of hydrogen-bond acceptors (Lipinski definition) is 6. The number of anilines is 1. The highest BCUT2D eigenvalue weighted by atomic mass is 32.2. The van der Waals surface area contributed by atoms with E-state index in [9.17, 15) is 21.2 Å². The number of pyridine rings is 1. The minimum Gasteiger partial charge on any atom is -0.367 e. The summed E-state index contributed by atoms with van der Waals surface area (Å²) in [6.45, 7) is 5.21. The molecule has 0 bridgehead atoms. The molecule has 1 N–H and O–H groups in total. The normalized spacial score (nSPS) is 16.4. The van der Waals surface area contributed by atoms with Crippen LogP contribution in [0.5, 0.6) is 0 Å². The van der Waals surface area contributed by atoms with Crippen LogP contribution in [0, 0.1) is 11.7 Å². The van der Waals surface area contributed by atoms with Gasteiger partial charge >= 0.3 is 0 Å². The molecule has 1 saturated heterocycles. The van der Waals surface area contributed by atoms with Crippen molar-refractivity contribution in [2.24, 2.45) is 5.92 Å². The molecular formula is C22H31FN4O4S2. The van der Waals surface area contributed by atoms with Crippen molar-refractivity contribution in [2.75, 3.05) is 31.2 Å². The van der Waals surface area contributed by atoms with Gasteiger partial charge in [-0.3, -0.25) is 0 Å². The van der Waals surface area contributed by atoms with E-state index in [1.54, 1.807) is 18.2 Å². The fourth-order valence-electron chi connectivity index (χ4n) is 3.76. The van der Waals surface area contributed by atoms with E-state index in [2.05, 4.69) is 10.3 Å². The van der Waals surface area contributed by atoms with Crippen LogP contribution in [-0.2, 0) is 26.6 Å². The fraction of sp³-hybridized carbons (Fsp3) is 0.500. The topological polar surface area (TPSA) is 99.7 Å². The Kier molecular flexibility index (Phi) is 8.09. The number of halogens is 1. The number of nitrogens with zero attached hydrogens (tertiary/aromatic N) is 3. The number of aromatic nitrogens is 1. The molecule has 1 fully saturated rings. The second kappa shape index (κ2) is 10.5. The number of piperidine rings is 1. The SMILES string of the molecule is CC(C)CN(Cc1ccc(F)cc1)S(=O)(=O)c1ccc(NC2CCN(S(C)(=O)=O)CC2)nc1. The number of rotatable bonds is 9. The first-order chi connectivity index (χ1) is 15.4. The molecule has 0 unspecified atom stereocenters. The number of nitrogens with one attached hydrogen (secondary N) is 1. The predicted molar refractivity (Wildman–Crippen MR) is 126 cm³/mol. The van der Waals surface area contributed by atoms with Crippen LogP contribution in [0.4, 0.5) is 10.2 Å². The van der Waals surface area contributed by atoms with Crippen LogP contribution in [0.25, 0.3) is 0 Å². The second-order valence-electron chi connectivity index (χ2n) is 8.78. The van der Waals surface area contributed by atoms with Crippen LogP contribution < -0.4 is 5.32 Å². The molecule has 1 aromatic carbocycles. The lowest BCUT2D eigenvalue weighted by Gasteiger charge is -2.31. The summed E-state index contributed by atoms with van der Waals surface area (Å²) in [7, 11) is -6.99. The molecule has 11 heteroatoms. The Bertz CT molecular complexity index is 1130. The summed E-state index contributed by atoms with van der Waals surface area (Å²) in [6.07, 6.45) is 3.84. The quantitative estimate of drug-likeness (QED) is 0.571. The average Bonchev–Trinajstić information content (AvgIpc) is 2.74. The van der Waals surface area contributed by atoms with Crippen LogP contribution in [0.2, 0.25) is 0 Å². The Balaban J connectivity index is 1.69. The largest absolute Gasteiger partial charge is 0.367 e.